The van der Waals surface area contributed by atoms with E-state index in [2.05, 4.69) is 10.3 Å². The Morgan fingerprint density at radius 2 is 1.93 bits per heavy atom. The van der Waals surface area contributed by atoms with E-state index in [1.807, 2.05) is 13.8 Å². The van der Waals surface area contributed by atoms with Gasteiger partial charge in [-0.1, -0.05) is 45.9 Å². The number of pyridine rings is 1. The van der Waals surface area contributed by atoms with Gasteiger partial charge in [0.15, 0.2) is 5.78 Å². The van der Waals surface area contributed by atoms with Crippen LogP contribution in [0.3, 0.4) is 0 Å². The summed E-state index contributed by atoms with van der Waals surface area (Å²) < 4.78 is 5.41. The zero-order valence-corrected chi connectivity index (χ0v) is 18.2. The highest BCUT2D eigenvalue weighted by atomic mass is 16.5. The van der Waals surface area contributed by atoms with Crippen LogP contribution in [0.25, 0.3) is 0 Å². The monoisotopic (exact) mass is 398 g/mol. The molecule has 0 saturated carbocycles. The number of amides is 1. The third-order valence-corrected chi connectivity index (χ3v) is 4.80. The molecule has 6 heteroatoms. The molecule has 29 heavy (non-hydrogen) atoms. The average molecular weight is 399 g/mol. The fraction of sp³-hybridized carbons (Fsp3) is 0.435. The van der Waals surface area contributed by atoms with E-state index in [0.29, 0.717) is 28.8 Å². The van der Waals surface area contributed by atoms with E-state index in [0.717, 1.165) is 5.56 Å². The quantitative estimate of drug-likeness (QED) is 0.711. The molecule has 0 radical (unpaired) electrons. The van der Waals surface area contributed by atoms with Gasteiger partial charge in [-0.3, -0.25) is 9.59 Å². The van der Waals surface area contributed by atoms with Crippen LogP contribution in [-0.4, -0.2) is 28.9 Å². The number of carbonyl (C=O) groups excluding carboxylic acids is 2. The van der Waals surface area contributed by atoms with E-state index in [1.165, 1.54) is 7.11 Å². The molecule has 0 bridgehead atoms. The highest BCUT2D eigenvalue weighted by Crippen LogP contribution is 2.34. The number of aryl methyl sites for hydroxylation is 1. The zero-order valence-electron chi connectivity index (χ0n) is 18.2. The largest absolute Gasteiger partial charge is 0.479 e. The van der Waals surface area contributed by atoms with Crippen LogP contribution >= 0.6 is 0 Å². The third kappa shape index (κ3) is 4.82. The minimum atomic E-state index is -0.692. The first-order valence-corrected chi connectivity index (χ1v) is 9.72. The van der Waals surface area contributed by atoms with Crippen LogP contribution in [0.4, 0.5) is 5.69 Å². The van der Waals surface area contributed by atoms with Gasteiger partial charge in [-0.15, -0.1) is 0 Å². The van der Waals surface area contributed by atoms with Gasteiger partial charge in [0.05, 0.1) is 18.8 Å². The highest BCUT2D eigenvalue weighted by molar-refractivity contribution is 6.16. The van der Waals surface area contributed by atoms with Crippen molar-refractivity contribution in [2.75, 3.05) is 12.4 Å². The van der Waals surface area contributed by atoms with Crippen molar-refractivity contribution in [2.45, 2.75) is 54.1 Å². The summed E-state index contributed by atoms with van der Waals surface area (Å²) in [6, 6.07) is 6.87. The molecule has 1 heterocycles. The van der Waals surface area contributed by atoms with Crippen molar-refractivity contribution >= 4 is 17.4 Å². The Kier molecular flexibility index (Phi) is 6.80. The predicted molar refractivity (Wildman–Crippen MR) is 113 cm³/mol. The molecule has 156 valence electrons. The number of hydrogen-bond donors (Lipinski definition) is 2. The Morgan fingerprint density at radius 3 is 2.45 bits per heavy atom. The second-order valence-electron chi connectivity index (χ2n) is 8.12. The molecular formula is C23H30N2O4. The van der Waals surface area contributed by atoms with Crippen molar-refractivity contribution in [1.82, 2.24) is 4.98 Å². The molecule has 6 nitrogen and oxygen atoms in total. The zero-order chi connectivity index (χ0) is 21.9. The maximum atomic E-state index is 13.6. The molecule has 1 unspecified atom stereocenters. The molecule has 1 aromatic carbocycles. The molecule has 0 fully saturated rings. The van der Waals surface area contributed by atoms with Gasteiger partial charge in [0.1, 0.15) is 5.69 Å². The number of methoxy groups -OCH3 is 1. The van der Waals surface area contributed by atoms with Crippen LogP contribution in [0, 0.1) is 12.3 Å². The molecule has 1 aromatic heterocycles. The lowest BCUT2D eigenvalue weighted by atomic mass is 9.92. The maximum absolute atomic E-state index is 13.6. The number of rotatable bonds is 6. The van der Waals surface area contributed by atoms with Crippen molar-refractivity contribution in [3.63, 3.8) is 0 Å². The van der Waals surface area contributed by atoms with Gasteiger partial charge >= 0.3 is 0 Å². The van der Waals surface area contributed by atoms with Crippen LogP contribution in [0.1, 0.15) is 73.5 Å². The first-order valence-electron chi connectivity index (χ1n) is 9.72. The van der Waals surface area contributed by atoms with Gasteiger partial charge in [0.25, 0.3) is 0 Å². The lowest BCUT2D eigenvalue weighted by molar-refractivity contribution is -0.123. The molecule has 0 aliphatic rings. The molecule has 0 spiro atoms. The molecule has 2 rings (SSSR count). The fourth-order valence-electron chi connectivity index (χ4n) is 3.05. The number of ketones is 1. The molecule has 2 N–H and O–H groups in total. The van der Waals surface area contributed by atoms with Gasteiger partial charge in [0.2, 0.25) is 11.8 Å². The summed E-state index contributed by atoms with van der Waals surface area (Å²) >= 11 is 0. The Morgan fingerprint density at radius 1 is 1.28 bits per heavy atom. The van der Waals surface area contributed by atoms with Crippen LogP contribution in [0.5, 0.6) is 5.88 Å². The molecule has 1 amide bonds. The second-order valence-corrected chi connectivity index (χ2v) is 8.12. The Balaban J connectivity index is 2.73. The minimum Gasteiger partial charge on any atom is -0.479 e. The maximum Gasteiger partial charge on any atom is 0.238 e. The second kappa shape index (κ2) is 8.74. The summed E-state index contributed by atoms with van der Waals surface area (Å²) in [6.07, 6.45) is -0.125. The lowest BCUT2D eigenvalue weighted by Crippen LogP contribution is -2.29. The Bertz CT molecular complexity index is 927. The fourth-order valence-corrected chi connectivity index (χ4v) is 3.05. The minimum absolute atomic E-state index is 0.201. The van der Waals surface area contributed by atoms with Crippen molar-refractivity contribution < 1.29 is 19.4 Å². The van der Waals surface area contributed by atoms with Crippen LogP contribution in [0.15, 0.2) is 24.3 Å². The number of ether oxygens (including phenoxy) is 1. The molecule has 0 aliphatic heterocycles. The van der Waals surface area contributed by atoms with Crippen molar-refractivity contribution in [1.29, 1.82) is 0 Å². The lowest BCUT2D eigenvalue weighted by Gasteiger charge is -2.22. The van der Waals surface area contributed by atoms with Crippen molar-refractivity contribution in [3.8, 4) is 5.88 Å². The molecule has 0 saturated heterocycles. The summed E-state index contributed by atoms with van der Waals surface area (Å²) in [7, 11) is 1.46. The van der Waals surface area contributed by atoms with Crippen LogP contribution < -0.4 is 10.1 Å². The highest BCUT2D eigenvalue weighted by Gasteiger charge is 2.29. The molecule has 2 aromatic rings. The number of hydrogen-bond acceptors (Lipinski definition) is 5. The normalized spacial score (nSPS) is 12.4. The SMILES string of the molecule is CCc1c(C)nc(OC)c(NC(=O)C(C)(C)C)c1C(=O)c1cccc(C(C)O)c1. The van der Waals surface area contributed by atoms with Gasteiger partial charge in [0, 0.05) is 16.7 Å². The first-order chi connectivity index (χ1) is 13.5. The first kappa shape index (κ1) is 22.6. The topological polar surface area (TPSA) is 88.5 Å². The third-order valence-electron chi connectivity index (χ3n) is 4.80. The Hall–Kier alpha value is -2.73. The van der Waals surface area contributed by atoms with Crippen molar-refractivity contribution in [2.24, 2.45) is 5.41 Å². The number of nitrogens with zero attached hydrogens (tertiary/aromatic N) is 1. The van der Waals surface area contributed by atoms with E-state index >= 15 is 0 Å². The molecule has 0 aliphatic carbocycles. The predicted octanol–water partition coefficient (Wildman–Crippen LogP) is 4.23. The number of aromatic nitrogens is 1. The summed E-state index contributed by atoms with van der Waals surface area (Å²) in [5.74, 6) is -0.292. The number of benzene rings is 1. The molecular weight excluding hydrogens is 368 g/mol. The van der Waals surface area contributed by atoms with Gasteiger partial charge in [-0.05, 0) is 37.5 Å². The van der Waals surface area contributed by atoms with Gasteiger partial charge in [-0.25, -0.2) is 4.98 Å². The van der Waals surface area contributed by atoms with Crippen molar-refractivity contribution in [3.05, 3.63) is 52.2 Å². The standard InChI is InChI=1S/C23H30N2O4/c1-8-17-13(2)24-21(29-7)19(25-22(28)23(4,5)6)18(17)20(27)16-11-9-10-15(12-16)14(3)26/h9-12,14,26H,8H2,1-7H3,(H,25,28). The van der Waals surface area contributed by atoms with E-state index in [4.69, 9.17) is 4.74 Å². The van der Waals surface area contributed by atoms with E-state index in [1.54, 1.807) is 52.0 Å². The summed E-state index contributed by atoms with van der Waals surface area (Å²) in [5.41, 5.74) is 2.49. The van der Waals surface area contributed by atoms with Gasteiger partial charge in [-0.2, -0.15) is 0 Å². The van der Waals surface area contributed by atoms with Crippen LogP contribution in [-0.2, 0) is 11.2 Å². The van der Waals surface area contributed by atoms with E-state index in [-0.39, 0.29) is 23.3 Å². The van der Waals surface area contributed by atoms with Gasteiger partial charge < -0.3 is 15.2 Å². The Labute approximate surface area is 172 Å². The summed E-state index contributed by atoms with van der Waals surface area (Å²) in [5, 5.41) is 12.8. The summed E-state index contributed by atoms with van der Waals surface area (Å²) in [6.45, 7) is 10.8. The number of nitrogens with one attached hydrogen (secondary N) is 1. The summed E-state index contributed by atoms with van der Waals surface area (Å²) in [4.78, 5) is 30.7. The van der Waals surface area contributed by atoms with E-state index < -0.39 is 11.5 Å². The van der Waals surface area contributed by atoms with E-state index in [9.17, 15) is 14.7 Å². The number of carbonyl (C=O) groups is 2. The van der Waals surface area contributed by atoms with Crippen LogP contribution in [0.2, 0.25) is 0 Å². The smallest absolute Gasteiger partial charge is 0.238 e. The number of aliphatic hydroxyl groups is 1. The average Bonchev–Trinajstić information content (AvgIpc) is 2.67. The number of anilines is 1. The molecule has 1 atom stereocenters. The number of aliphatic hydroxyl groups excluding tert-OH is 1.